The maximum Gasteiger partial charge on any atom is 0.419 e. The third-order valence-electron chi connectivity index (χ3n) is 10.3. The number of anilines is 2. The molecule has 0 bridgehead atoms. The number of rotatable bonds is 29. The van der Waals surface area contributed by atoms with Gasteiger partial charge in [-0.25, -0.2) is 9.97 Å². The van der Waals surface area contributed by atoms with Gasteiger partial charge in [0.2, 0.25) is 11.8 Å². The number of thioether (sulfide) groups is 1. The van der Waals surface area contributed by atoms with Gasteiger partial charge in [-0.05, 0) is 50.5 Å². The Morgan fingerprint density at radius 1 is 0.691 bits per heavy atom. The van der Waals surface area contributed by atoms with E-state index in [1.165, 1.54) is 19.3 Å². The number of aliphatic hydroxyl groups is 4. The molecule has 0 aliphatic carbocycles. The second-order valence-electron chi connectivity index (χ2n) is 15.8. The fourth-order valence-corrected chi connectivity index (χ4v) is 7.68. The molecule has 2 amide bonds. The third-order valence-corrected chi connectivity index (χ3v) is 11.7. The lowest BCUT2D eigenvalue weighted by molar-refractivity contribution is -0.160. The van der Waals surface area contributed by atoms with Crippen LogP contribution in [0.2, 0.25) is 0 Å². The van der Waals surface area contributed by atoms with Crippen LogP contribution in [0.15, 0.2) is 36.7 Å². The van der Waals surface area contributed by atoms with Gasteiger partial charge in [0.05, 0.1) is 67.2 Å². The largest absolute Gasteiger partial charge is 0.419 e. The average molecular weight is 1000 g/mol. The van der Waals surface area contributed by atoms with Crippen molar-refractivity contribution >= 4 is 41.0 Å². The third kappa shape index (κ3) is 19.1. The summed E-state index contributed by atoms with van der Waals surface area (Å²) in [6.07, 6.45) is -13.5. The van der Waals surface area contributed by atoms with Gasteiger partial charge >= 0.3 is 12.4 Å². The monoisotopic (exact) mass is 1000 g/mol. The van der Waals surface area contributed by atoms with Crippen molar-refractivity contribution in [3.63, 3.8) is 0 Å². The minimum atomic E-state index is -4.68. The maximum atomic E-state index is 13.3. The highest BCUT2D eigenvalue weighted by molar-refractivity contribution is 8.01. The Bertz CT molecular complexity index is 1850. The van der Waals surface area contributed by atoms with E-state index in [0.717, 1.165) is 36.0 Å². The van der Waals surface area contributed by atoms with Crippen molar-refractivity contribution in [1.82, 2.24) is 20.6 Å². The molecule has 384 valence electrons. The minimum absolute atomic E-state index is 0.0339. The maximum absolute atomic E-state index is 13.3. The number of hydrogen-bond donors (Lipinski definition) is 8. The van der Waals surface area contributed by atoms with E-state index in [0.29, 0.717) is 32.5 Å². The number of aromatic nitrogens is 2. The van der Waals surface area contributed by atoms with Crippen LogP contribution >= 0.6 is 11.8 Å². The first-order valence-corrected chi connectivity index (χ1v) is 22.9. The van der Waals surface area contributed by atoms with Gasteiger partial charge in [0.15, 0.2) is 0 Å². The Labute approximate surface area is 392 Å². The minimum Gasteiger partial charge on any atom is -0.388 e. The summed E-state index contributed by atoms with van der Waals surface area (Å²) in [6, 6.07) is 1.87. The van der Waals surface area contributed by atoms with Gasteiger partial charge in [-0.15, -0.1) is 11.8 Å². The molecule has 0 radical (unpaired) electrons. The summed E-state index contributed by atoms with van der Waals surface area (Å²) in [5.41, 5.74) is -2.03. The zero-order chi connectivity index (χ0) is 49.7. The standard InChI is InChI=1S/C42H60F6N6O13S/c1-25(55)24-68-32(19-33(56)49-12-18-63-15-6-17-65-23-31-37(60)35(58)29(21-67-31)54-39-27(42(46,47)48)8-3-10-51-39)40(61)52-11-4-13-62-14-5-16-64-22-30-36(59)34(57)28(20-66-30)53-38-26(41(43,44)45)7-2-9-50-38/h2-3,7-10,28-32,34-37,57-60H,4-6,11-24H2,1H3,(H,49,56)(H,50,53)(H,51,54)(H,52,61)/t28-,29-,30-,31-,32?,34-,35-,36+,37+/m1/s1. The molecule has 2 fully saturated rings. The average Bonchev–Trinajstić information content (AvgIpc) is 3.29. The Balaban J connectivity index is 0.997. The van der Waals surface area contributed by atoms with Crippen LogP contribution in [-0.4, -0.2) is 187 Å². The predicted molar refractivity (Wildman–Crippen MR) is 231 cm³/mol. The number of Topliss-reactive ketones (excluding diaryl/α,β-unsaturated/α-hetero) is 1. The summed E-state index contributed by atoms with van der Waals surface area (Å²) >= 11 is 1.05. The van der Waals surface area contributed by atoms with Gasteiger partial charge in [-0.1, -0.05) is 0 Å². The van der Waals surface area contributed by atoms with Crippen molar-refractivity contribution in [2.45, 2.75) is 98.9 Å². The number of nitrogens with one attached hydrogen (secondary N) is 4. The number of hydrogen-bond acceptors (Lipinski definition) is 18. The van der Waals surface area contributed by atoms with Crippen LogP contribution in [-0.2, 0) is 55.2 Å². The number of carbonyl (C=O) groups is 3. The molecule has 0 aromatic carbocycles. The van der Waals surface area contributed by atoms with Crippen LogP contribution in [0.25, 0.3) is 0 Å². The summed E-state index contributed by atoms with van der Waals surface area (Å²) in [5, 5.41) is 51.7. The number of ether oxygens (including phenoxy) is 6. The smallest absolute Gasteiger partial charge is 0.388 e. The van der Waals surface area contributed by atoms with Gasteiger partial charge in [-0.2, -0.15) is 26.3 Å². The zero-order valence-electron chi connectivity index (χ0n) is 37.2. The first kappa shape index (κ1) is 56.6. The summed E-state index contributed by atoms with van der Waals surface area (Å²) in [4.78, 5) is 44.6. The Morgan fingerprint density at radius 3 is 1.65 bits per heavy atom. The summed E-state index contributed by atoms with van der Waals surface area (Å²) in [5.74, 6) is -1.95. The number of alkyl halides is 6. The number of ketones is 1. The molecule has 2 aliphatic rings. The van der Waals surface area contributed by atoms with Crippen LogP contribution in [0.1, 0.15) is 43.7 Å². The van der Waals surface area contributed by atoms with Gasteiger partial charge in [0.25, 0.3) is 0 Å². The summed E-state index contributed by atoms with van der Waals surface area (Å²) in [7, 11) is 0. The lowest BCUT2D eigenvalue weighted by Crippen LogP contribution is -2.57. The lowest BCUT2D eigenvalue weighted by atomic mass is 9.98. The van der Waals surface area contributed by atoms with E-state index in [1.807, 2.05) is 0 Å². The van der Waals surface area contributed by atoms with Crippen LogP contribution < -0.4 is 21.3 Å². The molecule has 0 saturated carbocycles. The van der Waals surface area contributed by atoms with Gasteiger partial charge < -0.3 is 70.1 Å². The van der Waals surface area contributed by atoms with Crippen LogP contribution in [0.5, 0.6) is 0 Å². The number of amides is 2. The number of halogens is 6. The van der Waals surface area contributed by atoms with Gasteiger partial charge in [0.1, 0.15) is 54.0 Å². The van der Waals surface area contributed by atoms with E-state index >= 15 is 0 Å². The van der Waals surface area contributed by atoms with Gasteiger partial charge in [0, 0.05) is 64.9 Å². The van der Waals surface area contributed by atoms with E-state index in [4.69, 9.17) is 28.4 Å². The predicted octanol–water partition coefficient (Wildman–Crippen LogP) is 1.57. The number of carbonyl (C=O) groups excluding carboxylic acids is 3. The first-order valence-electron chi connectivity index (χ1n) is 21.9. The Morgan fingerprint density at radius 2 is 1.16 bits per heavy atom. The fraction of sp³-hybridized carbons (Fsp3) is 0.690. The second kappa shape index (κ2) is 28.6. The molecular weight excluding hydrogens is 943 g/mol. The highest BCUT2D eigenvalue weighted by Crippen LogP contribution is 2.35. The molecule has 2 saturated heterocycles. The summed E-state index contributed by atoms with van der Waals surface area (Å²) in [6.45, 7) is 2.60. The van der Waals surface area contributed by atoms with Crippen molar-refractivity contribution < 1.29 is 89.6 Å². The van der Waals surface area contributed by atoms with Crippen LogP contribution in [0, 0.1) is 0 Å². The highest BCUT2D eigenvalue weighted by atomic mass is 32.2. The van der Waals surface area contributed by atoms with Crippen molar-refractivity contribution in [2.24, 2.45) is 0 Å². The number of pyridine rings is 2. The fourth-order valence-electron chi connectivity index (χ4n) is 6.74. The SMILES string of the molecule is CC(=O)CSC(CC(=O)NCCOCCCOC[C@H]1OC[C@@H](Nc2ncccc2C(F)(F)F)[C@@H](O)[C@H]1O)C(=O)NCCCOCCCOC[C@H]1OC[C@@H](Nc2ncccc2C(F)(F)F)[C@@H](O)[C@H]1O. The molecule has 1 unspecified atom stereocenters. The van der Waals surface area contributed by atoms with E-state index in [2.05, 4.69) is 31.2 Å². The zero-order valence-corrected chi connectivity index (χ0v) is 38.0. The van der Waals surface area contributed by atoms with E-state index in [-0.39, 0.29) is 83.9 Å². The molecule has 2 aromatic rings. The molecular formula is C42H60F6N6O13S. The molecule has 26 heteroatoms. The molecule has 9 atom stereocenters. The molecule has 8 N–H and O–H groups in total. The Kier molecular flexibility index (Phi) is 23.9. The van der Waals surface area contributed by atoms with Crippen molar-refractivity contribution in [1.29, 1.82) is 0 Å². The Hall–Kier alpha value is -3.96. The normalized spacial score (nSPS) is 23.7. The molecule has 19 nitrogen and oxygen atoms in total. The molecule has 2 aliphatic heterocycles. The molecule has 0 spiro atoms. The highest BCUT2D eigenvalue weighted by Gasteiger charge is 2.42. The van der Waals surface area contributed by atoms with E-state index in [9.17, 15) is 61.2 Å². The lowest BCUT2D eigenvalue weighted by Gasteiger charge is -2.38. The molecule has 4 heterocycles. The molecule has 2 aromatic heterocycles. The van der Waals surface area contributed by atoms with Crippen LogP contribution in [0.3, 0.4) is 0 Å². The molecule has 68 heavy (non-hydrogen) atoms. The number of nitrogens with zero attached hydrogens (tertiary/aromatic N) is 2. The van der Waals surface area contributed by atoms with Gasteiger partial charge in [-0.3, -0.25) is 14.4 Å². The topological polar surface area (TPSA) is 261 Å². The number of aliphatic hydroxyl groups excluding tert-OH is 4. The van der Waals surface area contributed by atoms with Crippen molar-refractivity contribution in [3.8, 4) is 0 Å². The van der Waals surface area contributed by atoms with Crippen molar-refractivity contribution in [2.75, 3.05) is 95.5 Å². The first-order chi connectivity index (χ1) is 32.4. The molecule has 4 rings (SSSR count). The van der Waals surface area contributed by atoms with Crippen molar-refractivity contribution in [3.05, 3.63) is 47.8 Å². The van der Waals surface area contributed by atoms with E-state index in [1.54, 1.807) is 0 Å². The van der Waals surface area contributed by atoms with E-state index < -0.39 is 101 Å². The van der Waals surface area contributed by atoms with Crippen LogP contribution in [0.4, 0.5) is 38.0 Å². The summed E-state index contributed by atoms with van der Waals surface area (Å²) < 4.78 is 113. The quantitative estimate of drug-likeness (QED) is 0.0425. The second-order valence-corrected chi connectivity index (χ2v) is 17.0.